The van der Waals surface area contributed by atoms with Gasteiger partial charge >= 0.3 is 0 Å². The third-order valence-corrected chi connectivity index (χ3v) is 6.90. The largest absolute Gasteiger partial charge is 0.474 e. The second kappa shape index (κ2) is 8.92. The van der Waals surface area contributed by atoms with Crippen LogP contribution in [0.5, 0.6) is 5.88 Å². The lowest BCUT2D eigenvalue weighted by Gasteiger charge is -2.58. The highest BCUT2D eigenvalue weighted by molar-refractivity contribution is 5.95. The van der Waals surface area contributed by atoms with Gasteiger partial charge in [-0.2, -0.15) is 0 Å². The number of nitrogens with one attached hydrogen (secondary N) is 1. The zero-order chi connectivity index (χ0) is 22.0. The predicted octanol–water partition coefficient (Wildman–Crippen LogP) is 1.01. The van der Waals surface area contributed by atoms with E-state index in [4.69, 9.17) is 15.2 Å². The zero-order valence-corrected chi connectivity index (χ0v) is 17.8. The summed E-state index contributed by atoms with van der Waals surface area (Å²) in [6, 6.07) is 2.75. The molecule has 168 valence electrons. The monoisotopic (exact) mass is 430 g/mol. The number of likely N-dealkylation sites (N-methyl/N-ethyl adjacent to an activating group) is 1. The molecule has 2 unspecified atom stereocenters. The number of carbonyl (C=O) groups excluding carboxylic acids is 3. The standard InChI is InChI=1S/C22H30N4O5/c1-24-18(8-15-4-3-7-30-15)21(29)26(13-27)14-9-22(10-14)11-16(12-22)31-20-17(19(23)28)5-2-6-25-20/h2,5-6,13-16,18,24H,3-4,7-12H2,1H3,(H2,23,28). The molecule has 1 saturated heterocycles. The van der Waals surface area contributed by atoms with Gasteiger partial charge in [-0.3, -0.25) is 19.3 Å². The van der Waals surface area contributed by atoms with Crippen LogP contribution in [0.4, 0.5) is 0 Å². The van der Waals surface area contributed by atoms with E-state index in [0.29, 0.717) is 12.8 Å². The van der Waals surface area contributed by atoms with E-state index in [-0.39, 0.29) is 41.0 Å². The molecule has 31 heavy (non-hydrogen) atoms. The average molecular weight is 431 g/mol. The van der Waals surface area contributed by atoms with Crippen LogP contribution in [0, 0.1) is 5.41 Å². The number of nitrogens with two attached hydrogens (primary N) is 1. The topological polar surface area (TPSA) is 124 Å². The third kappa shape index (κ3) is 4.43. The molecule has 1 spiro atoms. The van der Waals surface area contributed by atoms with E-state index in [2.05, 4.69) is 10.3 Å². The molecule has 3 amide bonds. The lowest BCUT2D eigenvalue weighted by molar-refractivity contribution is -0.157. The molecule has 4 rings (SSSR count). The maximum atomic E-state index is 13.0. The van der Waals surface area contributed by atoms with Crippen molar-refractivity contribution in [2.24, 2.45) is 11.1 Å². The minimum atomic E-state index is -0.567. The minimum Gasteiger partial charge on any atom is -0.474 e. The first kappa shape index (κ1) is 21.7. The summed E-state index contributed by atoms with van der Waals surface area (Å²) in [7, 11) is 1.74. The van der Waals surface area contributed by atoms with Crippen molar-refractivity contribution < 1.29 is 23.9 Å². The second-order valence-corrected chi connectivity index (χ2v) is 8.99. The van der Waals surface area contributed by atoms with Gasteiger partial charge in [-0.15, -0.1) is 0 Å². The van der Waals surface area contributed by atoms with Gasteiger partial charge in [0.05, 0.1) is 12.1 Å². The van der Waals surface area contributed by atoms with Crippen molar-refractivity contribution in [3.63, 3.8) is 0 Å². The third-order valence-electron chi connectivity index (χ3n) is 6.90. The Labute approximate surface area is 181 Å². The summed E-state index contributed by atoms with van der Waals surface area (Å²) in [6.45, 7) is 0.737. The van der Waals surface area contributed by atoms with Crippen molar-refractivity contribution in [3.8, 4) is 5.88 Å². The van der Waals surface area contributed by atoms with E-state index in [1.165, 1.54) is 4.90 Å². The fourth-order valence-corrected chi connectivity index (χ4v) is 5.22. The van der Waals surface area contributed by atoms with E-state index < -0.39 is 11.9 Å². The number of aromatic nitrogens is 1. The number of ether oxygens (including phenoxy) is 2. The molecule has 2 atom stereocenters. The van der Waals surface area contributed by atoms with E-state index in [0.717, 1.165) is 45.1 Å². The van der Waals surface area contributed by atoms with Crippen LogP contribution < -0.4 is 15.8 Å². The number of hydrogen-bond donors (Lipinski definition) is 2. The summed E-state index contributed by atoms with van der Waals surface area (Å²) in [6.07, 6.45) is 7.99. The molecule has 9 nitrogen and oxygen atoms in total. The Morgan fingerprint density at radius 1 is 1.42 bits per heavy atom. The fourth-order valence-electron chi connectivity index (χ4n) is 5.22. The molecular weight excluding hydrogens is 400 g/mol. The number of imide groups is 1. The molecule has 1 aromatic heterocycles. The molecule has 2 heterocycles. The quantitative estimate of drug-likeness (QED) is 0.560. The molecule has 0 bridgehead atoms. The van der Waals surface area contributed by atoms with Crippen molar-refractivity contribution >= 4 is 18.2 Å². The Kier molecular flexibility index (Phi) is 6.24. The molecule has 1 aliphatic heterocycles. The number of nitrogens with zero attached hydrogens (tertiary/aromatic N) is 2. The van der Waals surface area contributed by atoms with Crippen LogP contribution in [-0.4, -0.2) is 66.1 Å². The molecule has 2 aliphatic carbocycles. The SMILES string of the molecule is CNC(CC1CCCO1)C(=O)N(C=O)C1CC2(CC(Oc3ncccc3C(N)=O)C2)C1. The van der Waals surface area contributed by atoms with Crippen molar-refractivity contribution in [3.05, 3.63) is 23.9 Å². The first-order valence-electron chi connectivity index (χ1n) is 10.9. The normalized spacial score (nSPS) is 30.2. The van der Waals surface area contributed by atoms with Crippen LogP contribution in [0.1, 0.15) is 55.3 Å². The van der Waals surface area contributed by atoms with Crippen LogP contribution in [0.3, 0.4) is 0 Å². The summed E-state index contributed by atoms with van der Waals surface area (Å²) in [5.41, 5.74) is 5.74. The first-order chi connectivity index (χ1) is 14.9. The Morgan fingerprint density at radius 3 is 2.81 bits per heavy atom. The molecule has 9 heteroatoms. The number of primary amides is 1. The Morgan fingerprint density at radius 2 is 2.19 bits per heavy atom. The van der Waals surface area contributed by atoms with Crippen LogP contribution in [-0.2, 0) is 14.3 Å². The highest BCUT2D eigenvalue weighted by Gasteiger charge is 2.56. The van der Waals surface area contributed by atoms with E-state index in [1.807, 2.05) is 0 Å². The smallest absolute Gasteiger partial charge is 0.254 e. The maximum absolute atomic E-state index is 13.0. The van der Waals surface area contributed by atoms with Gasteiger partial charge in [0, 0.05) is 18.8 Å². The molecule has 0 aromatic carbocycles. The highest BCUT2D eigenvalue weighted by Crippen LogP contribution is 2.58. The van der Waals surface area contributed by atoms with Crippen LogP contribution >= 0.6 is 0 Å². The molecular formula is C22H30N4O5. The number of carbonyl (C=O) groups is 3. The van der Waals surface area contributed by atoms with E-state index >= 15 is 0 Å². The summed E-state index contributed by atoms with van der Waals surface area (Å²) < 4.78 is 11.5. The van der Waals surface area contributed by atoms with Gasteiger partial charge in [0.15, 0.2) is 0 Å². The van der Waals surface area contributed by atoms with Crippen LogP contribution in [0.2, 0.25) is 0 Å². The predicted molar refractivity (Wildman–Crippen MR) is 111 cm³/mol. The van der Waals surface area contributed by atoms with Gasteiger partial charge in [0.25, 0.3) is 5.91 Å². The van der Waals surface area contributed by atoms with Gasteiger partial charge in [-0.05, 0) is 69.5 Å². The van der Waals surface area contributed by atoms with Gasteiger partial charge < -0.3 is 20.5 Å². The number of hydrogen-bond acceptors (Lipinski definition) is 7. The maximum Gasteiger partial charge on any atom is 0.254 e. The van der Waals surface area contributed by atoms with Crippen LogP contribution in [0.25, 0.3) is 0 Å². The summed E-state index contributed by atoms with van der Waals surface area (Å²) >= 11 is 0. The number of pyridine rings is 1. The molecule has 3 fully saturated rings. The van der Waals surface area contributed by atoms with Crippen molar-refractivity contribution in [2.75, 3.05) is 13.7 Å². The Hall–Kier alpha value is -2.52. The number of amides is 3. The average Bonchev–Trinajstić information content (AvgIpc) is 3.22. The lowest BCUT2D eigenvalue weighted by atomic mass is 9.52. The molecule has 1 aromatic rings. The van der Waals surface area contributed by atoms with Gasteiger partial charge in [-0.1, -0.05) is 0 Å². The first-order valence-corrected chi connectivity index (χ1v) is 10.9. The van der Waals surface area contributed by atoms with Gasteiger partial charge in [0.1, 0.15) is 11.7 Å². The van der Waals surface area contributed by atoms with Crippen molar-refractivity contribution in [1.82, 2.24) is 15.2 Å². The van der Waals surface area contributed by atoms with Gasteiger partial charge in [0.2, 0.25) is 18.2 Å². The van der Waals surface area contributed by atoms with E-state index in [9.17, 15) is 14.4 Å². The molecule has 0 radical (unpaired) electrons. The number of rotatable bonds is 9. The van der Waals surface area contributed by atoms with E-state index in [1.54, 1.807) is 25.4 Å². The van der Waals surface area contributed by atoms with Crippen LogP contribution in [0.15, 0.2) is 18.3 Å². The zero-order valence-electron chi connectivity index (χ0n) is 17.8. The summed E-state index contributed by atoms with van der Waals surface area (Å²) in [5.74, 6) is -0.482. The van der Waals surface area contributed by atoms with Crippen molar-refractivity contribution in [2.45, 2.75) is 69.2 Å². The second-order valence-electron chi connectivity index (χ2n) is 8.99. The lowest BCUT2D eigenvalue weighted by Crippen LogP contribution is -2.61. The minimum absolute atomic E-state index is 0.0427. The molecule has 3 aliphatic rings. The molecule has 3 N–H and O–H groups in total. The summed E-state index contributed by atoms with van der Waals surface area (Å²) in [4.78, 5) is 41.7. The summed E-state index contributed by atoms with van der Waals surface area (Å²) in [5, 5.41) is 3.05. The highest BCUT2D eigenvalue weighted by atomic mass is 16.5. The van der Waals surface area contributed by atoms with Crippen molar-refractivity contribution in [1.29, 1.82) is 0 Å². The Balaban J connectivity index is 1.28. The van der Waals surface area contributed by atoms with Gasteiger partial charge in [-0.25, -0.2) is 4.98 Å². The Bertz CT molecular complexity index is 827. The fraction of sp³-hybridized carbons (Fsp3) is 0.636. The molecule has 2 saturated carbocycles.